The highest BCUT2D eigenvalue weighted by Crippen LogP contribution is 2.26. The van der Waals surface area contributed by atoms with Gasteiger partial charge in [-0.3, -0.25) is 0 Å². The molecule has 1 N–H and O–H groups in total. The molecule has 1 aliphatic heterocycles. The van der Waals surface area contributed by atoms with Gasteiger partial charge in [0.15, 0.2) is 0 Å². The van der Waals surface area contributed by atoms with Gasteiger partial charge in [0.2, 0.25) is 0 Å². The third-order valence-electron chi connectivity index (χ3n) is 3.18. The number of rotatable bonds is 2. The zero-order valence-corrected chi connectivity index (χ0v) is 12.1. The van der Waals surface area contributed by atoms with Crippen LogP contribution in [0.4, 0.5) is 0 Å². The molecule has 0 atom stereocenters. The molecule has 3 rings (SSSR count). The van der Waals surface area contributed by atoms with Crippen molar-refractivity contribution in [1.29, 1.82) is 0 Å². The molecule has 0 unspecified atom stereocenters. The number of aliphatic hydroxyl groups is 1. The highest BCUT2D eigenvalue weighted by atomic mass is 16.7. The van der Waals surface area contributed by atoms with E-state index in [0.717, 1.165) is 5.39 Å². The van der Waals surface area contributed by atoms with Gasteiger partial charge in [0.05, 0.1) is 0 Å². The van der Waals surface area contributed by atoms with Crippen LogP contribution in [0.5, 0.6) is 0 Å². The topological polar surface area (TPSA) is 86.0 Å². The summed E-state index contributed by atoms with van der Waals surface area (Å²) in [6.07, 6.45) is 1.41. The fraction of sp³-hybridized carbons (Fsp3) is 0.250. The van der Waals surface area contributed by atoms with Crippen molar-refractivity contribution in [2.75, 3.05) is 0 Å². The van der Waals surface area contributed by atoms with Gasteiger partial charge in [-0.2, -0.15) is 0 Å². The van der Waals surface area contributed by atoms with Gasteiger partial charge < -0.3 is 19.0 Å². The minimum absolute atomic E-state index is 0.162. The molecule has 0 aliphatic carbocycles. The summed E-state index contributed by atoms with van der Waals surface area (Å²) in [6, 6.07) is 6.83. The Hall–Kier alpha value is -2.60. The smallest absolute Gasteiger partial charge is 0.348 e. The van der Waals surface area contributed by atoms with Crippen molar-refractivity contribution in [3.63, 3.8) is 0 Å². The number of furan rings is 1. The number of carbonyl (C=O) groups excluding carboxylic acids is 2. The van der Waals surface area contributed by atoms with Crippen molar-refractivity contribution in [3.05, 3.63) is 41.2 Å². The molecule has 1 fully saturated rings. The van der Waals surface area contributed by atoms with Crippen LogP contribution in [0.25, 0.3) is 17.0 Å². The van der Waals surface area contributed by atoms with Gasteiger partial charge in [0, 0.05) is 19.2 Å². The molecule has 0 saturated carbocycles. The first kappa shape index (κ1) is 14.3. The minimum Gasteiger partial charge on any atom is -0.459 e. The van der Waals surface area contributed by atoms with Gasteiger partial charge >= 0.3 is 11.9 Å². The number of fused-ring (bicyclic) bond motifs is 1. The SMILES string of the molecule is CC1(C)OC(=O)C(=Cc2ccc3oc(CO)cc3c2)C(=O)O1. The molecule has 0 bridgehead atoms. The van der Waals surface area contributed by atoms with E-state index in [2.05, 4.69) is 0 Å². The van der Waals surface area contributed by atoms with E-state index in [1.54, 1.807) is 24.3 Å². The van der Waals surface area contributed by atoms with Crippen molar-refractivity contribution in [1.82, 2.24) is 0 Å². The van der Waals surface area contributed by atoms with Crippen molar-refractivity contribution in [3.8, 4) is 0 Å². The number of esters is 2. The minimum atomic E-state index is -1.25. The van der Waals surface area contributed by atoms with Gasteiger partial charge in [0.25, 0.3) is 5.79 Å². The van der Waals surface area contributed by atoms with Crippen LogP contribution >= 0.6 is 0 Å². The Morgan fingerprint density at radius 3 is 2.45 bits per heavy atom. The second-order valence-electron chi connectivity index (χ2n) is 5.40. The zero-order chi connectivity index (χ0) is 15.9. The Morgan fingerprint density at radius 1 is 1.14 bits per heavy atom. The molecule has 1 saturated heterocycles. The largest absolute Gasteiger partial charge is 0.459 e. The van der Waals surface area contributed by atoms with Crippen LogP contribution in [0, 0.1) is 0 Å². The molecule has 0 amide bonds. The molecule has 1 aromatic carbocycles. The Bertz CT molecular complexity index is 774. The summed E-state index contributed by atoms with van der Waals surface area (Å²) in [5, 5.41) is 9.82. The maximum Gasteiger partial charge on any atom is 0.348 e. The summed E-state index contributed by atoms with van der Waals surface area (Å²) in [5.41, 5.74) is 1.08. The van der Waals surface area contributed by atoms with Gasteiger partial charge in [-0.25, -0.2) is 9.59 Å². The van der Waals surface area contributed by atoms with E-state index in [4.69, 9.17) is 19.0 Å². The predicted octanol–water partition coefficient (Wildman–Crippen LogP) is 2.14. The Balaban J connectivity index is 1.97. The second kappa shape index (κ2) is 4.99. The lowest BCUT2D eigenvalue weighted by atomic mass is 10.1. The third-order valence-corrected chi connectivity index (χ3v) is 3.18. The quantitative estimate of drug-likeness (QED) is 0.519. The lowest BCUT2D eigenvalue weighted by molar-refractivity contribution is -0.222. The highest BCUT2D eigenvalue weighted by Gasteiger charge is 2.38. The van der Waals surface area contributed by atoms with E-state index in [9.17, 15) is 9.59 Å². The molecular weight excluding hydrogens is 288 g/mol. The first-order valence-electron chi connectivity index (χ1n) is 6.70. The van der Waals surface area contributed by atoms with Crippen LogP contribution in [0.2, 0.25) is 0 Å². The summed E-state index contributed by atoms with van der Waals surface area (Å²) in [5.74, 6) is -2.25. The fourth-order valence-corrected chi connectivity index (χ4v) is 2.23. The summed E-state index contributed by atoms with van der Waals surface area (Å²) in [7, 11) is 0. The molecule has 114 valence electrons. The van der Waals surface area contributed by atoms with Crippen LogP contribution in [-0.4, -0.2) is 22.8 Å². The summed E-state index contributed by atoms with van der Waals surface area (Å²) in [4.78, 5) is 23.8. The number of ether oxygens (including phenoxy) is 2. The highest BCUT2D eigenvalue weighted by molar-refractivity contribution is 6.19. The second-order valence-corrected chi connectivity index (χ2v) is 5.40. The molecule has 1 aliphatic rings. The van der Waals surface area contributed by atoms with Crippen molar-refractivity contribution >= 4 is 29.0 Å². The molecule has 6 nitrogen and oxygen atoms in total. The number of hydrogen-bond acceptors (Lipinski definition) is 6. The first-order valence-corrected chi connectivity index (χ1v) is 6.70. The number of cyclic esters (lactones) is 2. The summed E-state index contributed by atoms with van der Waals surface area (Å²) >= 11 is 0. The van der Waals surface area contributed by atoms with E-state index in [1.165, 1.54) is 19.9 Å². The van der Waals surface area contributed by atoms with Gasteiger partial charge in [-0.05, 0) is 29.8 Å². The van der Waals surface area contributed by atoms with E-state index >= 15 is 0 Å². The molecular formula is C16H14O6. The van der Waals surface area contributed by atoms with Crippen LogP contribution < -0.4 is 0 Å². The van der Waals surface area contributed by atoms with Crippen LogP contribution in [0.1, 0.15) is 25.2 Å². The number of carbonyl (C=O) groups is 2. The average molecular weight is 302 g/mol. The lowest BCUT2D eigenvalue weighted by Gasteiger charge is -2.29. The zero-order valence-electron chi connectivity index (χ0n) is 12.1. The van der Waals surface area contributed by atoms with Gasteiger partial charge in [-0.15, -0.1) is 0 Å². The van der Waals surface area contributed by atoms with E-state index < -0.39 is 17.7 Å². The molecule has 2 heterocycles. The number of aliphatic hydroxyl groups excluding tert-OH is 1. The van der Waals surface area contributed by atoms with Crippen molar-refractivity contribution in [2.45, 2.75) is 26.2 Å². The summed E-state index contributed by atoms with van der Waals surface area (Å²) < 4.78 is 15.4. The van der Waals surface area contributed by atoms with Gasteiger partial charge in [0.1, 0.15) is 23.5 Å². The lowest BCUT2D eigenvalue weighted by Crippen LogP contribution is -2.41. The fourth-order valence-electron chi connectivity index (χ4n) is 2.23. The van der Waals surface area contributed by atoms with E-state index in [-0.39, 0.29) is 12.2 Å². The van der Waals surface area contributed by atoms with E-state index in [0.29, 0.717) is 16.9 Å². The maximum absolute atomic E-state index is 11.9. The number of benzene rings is 1. The Labute approximate surface area is 125 Å². The number of hydrogen-bond donors (Lipinski definition) is 1. The molecule has 0 radical (unpaired) electrons. The predicted molar refractivity (Wildman–Crippen MR) is 76.4 cm³/mol. The van der Waals surface area contributed by atoms with Crippen LogP contribution in [0.15, 0.2) is 34.3 Å². The molecule has 22 heavy (non-hydrogen) atoms. The maximum atomic E-state index is 11.9. The van der Waals surface area contributed by atoms with Crippen LogP contribution in [0.3, 0.4) is 0 Å². The Kier molecular flexibility index (Phi) is 3.26. The monoisotopic (exact) mass is 302 g/mol. The normalized spacial score (nSPS) is 17.3. The molecule has 2 aromatic rings. The van der Waals surface area contributed by atoms with Crippen molar-refractivity contribution < 1.29 is 28.6 Å². The standard InChI is InChI=1S/C16H14O6/c1-16(2)21-14(18)12(15(19)22-16)6-9-3-4-13-10(5-9)7-11(8-17)20-13/h3-7,17H,8H2,1-2H3. The molecule has 1 aromatic heterocycles. The van der Waals surface area contributed by atoms with E-state index in [1.807, 2.05) is 0 Å². The average Bonchev–Trinajstić information content (AvgIpc) is 2.84. The van der Waals surface area contributed by atoms with Crippen LogP contribution in [-0.2, 0) is 25.7 Å². The third kappa shape index (κ3) is 2.60. The Morgan fingerprint density at radius 2 is 1.82 bits per heavy atom. The summed E-state index contributed by atoms with van der Waals surface area (Å²) in [6.45, 7) is 2.79. The molecule has 0 spiro atoms. The molecule has 6 heteroatoms. The van der Waals surface area contributed by atoms with Gasteiger partial charge in [-0.1, -0.05) is 6.07 Å². The van der Waals surface area contributed by atoms with Crippen molar-refractivity contribution in [2.24, 2.45) is 0 Å². The first-order chi connectivity index (χ1) is 10.4.